The molecule has 0 aliphatic carbocycles. The van der Waals surface area contributed by atoms with Crippen molar-refractivity contribution in [2.45, 2.75) is 19.5 Å². The molecule has 0 fully saturated rings. The number of halogens is 1. The van der Waals surface area contributed by atoms with Crippen molar-refractivity contribution in [1.82, 2.24) is 15.1 Å². The summed E-state index contributed by atoms with van der Waals surface area (Å²) in [6.45, 7) is 2.62. The van der Waals surface area contributed by atoms with E-state index in [1.54, 1.807) is 23.0 Å². The first kappa shape index (κ1) is 12.8. The lowest BCUT2D eigenvalue weighted by atomic mass is 10.2. The van der Waals surface area contributed by atoms with E-state index < -0.39 is 0 Å². The first-order valence-corrected chi connectivity index (χ1v) is 6.48. The molecule has 0 spiro atoms. The van der Waals surface area contributed by atoms with E-state index in [-0.39, 0.29) is 11.9 Å². The van der Waals surface area contributed by atoms with Crippen molar-refractivity contribution in [3.05, 3.63) is 52.8 Å². The molecular weight excluding hydrogens is 294 g/mol. The molecule has 1 aromatic heterocycles. The minimum absolute atomic E-state index is 0.0244. The van der Waals surface area contributed by atoms with Crippen LogP contribution in [0.3, 0.4) is 0 Å². The van der Waals surface area contributed by atoms with E-state index in [0.717, 1.165) is 4.47 Å². The highest BCUT2D eigenvalue weighted by atomic mass is 79.9. The van der Waals surface area contributed by atoms with Gasteiger partial charge < -0.3 is 5.32 Å². The van der Waals surface area contributed by atoms with E-state index in [0.29, 0.717) is 12.1 Å². The monoisotopic (exact) mass is 307 g/mol. The molecule has 0 radical (unpaired) electrons. The van der Waals surface area contributed by atoms with Gasteiger partial charge in [-0.15, -0.1) is 0 Å². The van der Waals surface area contributed by atoms with Crippen molar-refractivity contribution in [2.75, 3.05) is 0 Å². The van der Waals surface area contributed by atoms with E-state index in [2.05, 4.69) is 26.3 Å². The molecule has 2 rings (SSSR count). The van der Waals surface area contributed by atoms with Crippen LogP contribution in [0.25, 0.3) is 0 Å². The number of nitrogens with one attached hydrogen (secondary N) is 1. The second-order valence-electron chi connectivity index (χ2n) is 4.11. The Balaban J connectivity index is 1.95. The van der Waals surface area contributed by atoms with Gasteiger partial charge in [-0.05, 0) is 31.2 Å². The Hall–Kier alpha value is -1.62. The summed E-state index contributed by atoms with van der Waals surface area (Å²) in [6.07, 6.45) is 3.60. The van der Waals surface area contributed by atoms with Crippen LogP contribution in [0.15, 0.2) is 47.2 Å². The highest BCUT2D eigenvalue weighted by Gasteiger charge is 2.10. The minimum atomic E-state index is -0.0732. The molecule has 1 N–H and O–H groups in total. The number of carbonyl (C=O) groups excluding carboxylic acids is 1. The summed E-state index contributed by atoms with van der Waals surface area (Å²) < 4.78 is 2.70. The fourth-order valence-corrected chi connectivity index (χ4v) is 2.07. The average molecular weight is 308 g/mol. The topological polar surface area (TPSA) is 46.9 Å². The molecule has 1 atom stereocenters. The molecule has 94 valence electrons. The van der Waals surface area contributed by atoms with E-state index in [1.165, 1.54) is 0 Å². The van der Waals surface area contributed by atoms with Gasteiger partial charge in [-0.3, -0.25) is 9.48 Å². The van der Waals surface area contributed by atoms with E-state index >= 15 is 0 Å². The van der Waals surface area contributed by atoms with Crippen LogP contribution in [0.2, 0.25) is 0 Å². The van der Waals surface area contributed by atoms with Crippen molar-refractivity contribution in [1.29, 1.82) is 0 Å². The Bertz CT molecular complexity index is 525. The third-order valence-corrected chi connectivity index (χ3v) is 2.98. The van der Waals surface area contributed by atoms with Crippen molar-refractivity contribution < 1.29 is 4.79 Å². The van der Waals surface area contributed by atoms with Crippen LogP contribution in [-0.2, 0) is 6.54 Å². The lowest BCUT2D eigenvalue weighted by molar-refractivity contribution is 0.0936. The number of hydrogen-bond acceptors (Lipinski definition) is 2. The zero-order chi connectivity index (χ0) is 13.0. The number of benzene rings is 1. The molecular formula is C13H14BrN3O. The van der Waals surface area contributed by atoms with Crippen LogP contribution in [0.4, 0.5) is 0 Å². The summed E-state index contributed by atoms with van der Waals surface area (Å²) in [5.74, 6) is -0.0732. The number of hydrogen-bond donors (Lipinski definition) is 1. The van der Waals surface area contributed by atoms with E-state index in [9.17, 15) is 4.79 Å². The Morgan fingerprint density at radius 3 is 3.00 bits per heavy atom. The zero-order valence-electron chi connectivity index (χ0n) is 10.0. The zero-order valence-corrected chi connectivity index (χ0v) is 11.6. The molecule has 0 bridgehead atoms. The third kappa shape index (κ3) is 3.43. The normalized spacial score (nSPS) is 12.1. The summed E-state index contributed by atoms with van der Waals surface area (Å²) in [5.41, 5.74) is 0.650. The van der Waals surface area contributed by atoms with Crippen LogP contribution in [0.5, 0.6) is 0 Å². The Morgan fingerprint density at radius 1 is 1.50 bits per heavy atom. The van der Waals surface area contributed by atoms with Gasteiger partial charge in [0, 0.05) is 28.5 Å². The maximum absolute atomic E-state index is 12.0. The van der Waals surface area contributed by atoms with Gasteiger partial charge in [0.15, 0.2) is 0 Å². The number of amides is 1. The van der Waals surface area contributed by atoms with Crippen molar-refractivity contribution in [3.8, 4) is 0 Å². The quantitative estimate of drug-likeness (QED) is 0.943. The van der Waals surface area contributed by atoms with Crippen LogP contribution in [0.1, 0.15) is 17.3 Å². The van der Waals surface area contributed by atoms with Gasteiger partial charge in [0.05, 0.1) is 6.54 Å². The van der Waals surface area contributed by atoms with E-state index in [1.807, 2.05) is 31.3 Å². The fourth-order valence-electron chi connectivity index (χ4n) is 1.67. The highest BCUT2D eigenvalue weighted by molar-refractivity contribution is 9.10. The second-order valence-corrected chi connectivity index (χ2v) is 5.03. The molecule has 1 amide bonds. The smallest absolute Gasteiger partial charge is 0.251 e. The maximum atomic E-state index is 12.0. The van der Waals surface area contributed by atoms with Gasteiger partial charge >= 0.3 is 0 Å². The standard InChI is InChI=1S/C13H14BrN3O/c1-10(9-17-7-3-6-15-17)16-13(18)11-4-2-5-12(14)8-11/h2-8,10H,9H2,1H3,(H,16,18). The summed E-state index contributed by atoms with van der Waals surface area (Å²) in [4.78, 5) is 12.0. The molecule has 0 aliphatic heterocycles. The lowest BCUT2D eigenvalue weighted by Crippen LogP contribution is -2.35. The average Bonchev–Trinajstić information content (AvgIpc) is 2.81. The molecule has 1 unspecified atom stereocenters. The number of nitrogens with zero attached hydrogens (tertiary/aromatic N) is 2. The number of carbonyl (C=O) groups is 1. The van der Waals surface area contributed by atoms with Gasteiger partial charge in [0.2, 0.25) is 0 Å². The van der Waals surface area contributed by atoms with Gasteiger partial charge in [-0.2, -0.15) is 5.10 Å². The maximum Gasteiger partial charge on any atom is 0.251 e. The van der Waals surface area contributed by atoms with Gasteiger partial charge in [0.25, 0.3) is 5.91 Å². The minimum Gasteiger partial charge on any atom is -0.348 e. The molecule has 0 saturated carbocycles. The van der Waals surface area contributed by atoms with Crippen molar-refractivity contribution in [3.63, 3.8) is 0 Å². The molecule has 2 aromatic rings. The van der Waals surface area contributed by atoms with Crippen LogP contribution in [-0.4, -0.2) is 21.7 Å². The molecule has 1 heterocycles. The summed E-state index contributed by atoms with van der Waals surface area (Å²) in [5, 5.41) is 7.05. The van der Waals surface area contributed by atoms with Crippen LogP contribution >= 0.6 is 15.9 Å². The molecule has 0 saturated heterocycles. The predicted molar refractivity (Wildman–Crippen MR) is 73.3 cm³/mol. The number of aromatic nitrogens is 2. The molecule has 1 aromatic carbocycles. The lowest BCUT2D eigenvalue weighted by Gasteiger charge is -2.14. The SMILES string of the molecule is CC(Cn1cccn1)NC(=O)c1cccc(Br)c1. The Morgan fingerprint density at radius 2 is 2.33 bits per heavy atom. The molecule has 18 heavy (non-hydrogen) atoms. The van der Waals surface area contributed by atoms with Crippen LogP contribution < -0.4 is 5.32 Å². The molecule has 5 heteroatoms. The summed E-state index contributed by atoms with van der Waals surface area (Å²) in [6, 6.07) is 9.22. The predicted octanol–water partition coefficient (Wildman–Crippen LogP) is 2.46. The summed E-state index contributed by atoms with van der Waals surface area (Å²) in [7, 11) is 0. The van der Waals surface area contributed by atoms with Gasteiger partial charge in [0.1, 0.15) is 0 Å². The largest absolute Gasteiger partial charge is 0.348 e. The third-order valence-electron chi connectivity index (χ3n) is 2.48. The van der Waals surface area contributed by atoms with Gasteiger partial charge in [-0.25, -0.2) is 0 Å². The summed E-state index contributed by atoms with van der Waals surface area (Å²) >= 11 is 3.35. The van der Waals surface area contributed by atoms with Gasteiger partial charge in [-0.1, -0.05) is 22.0 Å². The Labute approximate surface area is 114 Å². The molecule has 4 nitrogen and oxygen atoms in total. The molecule has 0 aliphatic rings. The van der Waals surface area contributed by atoms with Crippen molar-refractivity contribution in [2.24, 2.45) is 0 Å². The first-order chi connectivity index (χ1) is 8.65. The van der Waals surface area contributed by atoms with E-state index in [4.69, 9.17) is 0 Å². The highest BCUT2D eigenvalue weighted by Crippen LogP contribution is 2.11. The fraction of sp³-hybridized carbons (Fsp3) is 0.231. The van der Waals surface area contributed by atoms with Crippen molar-refractivity contribution >= 4 is 21.8 Å². The van der Waals surface area contributed by atoms with Crippen LogP contribution in [0, 0.1) is 0 Å². The Kier molecular flexibility index (Phi) is 4.15. The second kappa shape index (κ2) is 5.82. The number of rotatable bonds is 4. The first-order valence-electron chi connectivity index (χ1n) is 5.69.